The van der Waals surface area contributed by atoms with Gasteiger partial charge in [-0.2, -0.15) is 0 Å². The Morgan fingerprint density at radius 3 is 3.22 bits per heavy atom. The Morgan fingerprint density at radius 2 is 2.43 bits per heavy atom. The summed E-state index contributed by atoms with van der Waals surface area (Å²) < 4.78 is 0. The number of fused-ring (bicyclic) bond motifs is 1. The van der Waals surface area contributed by atoms with Crippen molar-refractivity contribution in [3.05, 3.63) is 44.0 Å². The predicted octanol–water partition coefficient (Wildman–Crippen LogP) is 3.09. The first-order valence-electron chi connectivity index (χ1n) is 7.79. The molecule has 1 aliphatic heterocycles. The van der Waals surface area contributed by atoms with E-state index in [1.165, 1.54) is 10.4 Å². The lowest BCUT2D eigenvalue weighted by Gasteiger charge is -2.32. The summed E-state index contributed by atoms with van der Waals surface area (Å²) in [4.78, 5) is 21.1. The van der Waals surface area contributed by atoms with E-state index < -0.39 is 0 Å². The molecule has 2 aromatic heterocycles. The molecule has 3 heterocycles. The van der Waals surface area contributed by atoms with Crippen LogP contribution in [-0.4, -0.2) is 34.9 Å². The molecule has 0 bridgehead atoms. The lowest BCUT2D eigenvalue weighted by Crippen LogP contribution is -2.43. The summed E-state index contributed by atoms with van der Waals surface area (Å²) in [5, 5.41) is 6.18. The molecular weight excluding hydrogens is 326 g/mol. The van der Waals surface area contributed by atoms with Gasteiger partial charge in [-0.25, -0.2) is 4.98 Å². The second-order valence-electron chi connectivity index (χ2n) is 5.80. The molecule has 0 saturated carbocycles. The number of nitrogens with one attached hydrogen (secondary N) is 1. The fraction of sp³-hybridized carbons (Fsp3) is 0.412. The van der Waals surface area contributed by atoms with Gasteiger partial charge in [-0.05, 0) is 43.4 Å². The summed E-state index contributed by atoms with van der Waals surface area (Å²) in [6.07, 6.45) is 6.32. The first kappa shape index (κ1) is 16.4. The quantitative estimate of drug-likeness (QED) is 0.846. The van der Waals surface area contributed by atoms with E-state index in [0.29, 0.717) is 12.6 Å². The van der Waals surface area contributed by atoms with Crippen molar-refractivity contribution in [3.63, 3.8) is 0 Å². The minimum Gasteiger partial charge on any atom is -0.351 e. The van der Waals surface area contributed by atoms with Gasteiger partial charge in [-0.3, -0.25) is 9.69 Å². The van der Waals surface area contributed by atoms with Gasteiger partial charge in [0.2, 0.25) is 5.91 Å². The van der Waals surface area contributed by atoms with E-state index in [2.05, 4.69) is 33.6 Å². The Hall–Kier alpha value is -1.50. The highest BCUT2D eigenvalue weighted by molar-refractivity contribution is 7.12. The van der Waals surface area contributed by atoms with Crippen molar-refractivity contribution in [3.8, 4) is 0 Å². The largest absolute Gasteiger partial charge is 0.351 e. The van der Waals surface area contributed by atoms with E-state index in [0.717, 1.165) is 29.4 Å². The Labute approximate surface area is 144 Å². The number of thiazole rings is 1. The van der Waals surface area contributed by atoms with Crippen LogP contribution in [0.25, 0.3) is 6.08 Å². The minimum absolute atomic E-state index is 0.0452. The molecule has 0 fully saturated rings. The molecule has 1 atom stereocenters. The molecule has 1 N–H and O–H groups in total. The highest BCUT2D eigenvalue weighted by atomic mass is 32.1. The van der Waals surface area contributed by atoms with Gasteiger partial charge in [0.25, 0.3) is 0 Å². The maximum atomic E-state index is 11.9. The van der Waals surface area contributed by atoms with Crippen molar-refractivity contribution in [1.29, 1.82) is 0 Å². The average molecular weight is 348 g/mol. The summed E-state index contributed by atoms with van der Waals surface area (Å²) in [5.74, 6) is -0.0452. The molecule has 0 aliphatic carbocycles. The van der Waals surface area contributed by atoms with E-state index in [4.69, 9.17) is 0 Å². The van der Waals surface area contributed by atoms with Gasteiger partial charge in [-0.1, -0.05) is 0 Å². The molecule has 4 nitrogen and oxygen atoms in total. The number of rotatable bonds is 5. The molecule has 6 heteroatoms. The summed E-state index contributed by atoms with van der Waals surface area (Å²) >= 11 is 3.44. The number of carbonyl (C=O) groups excluding carboxylic acids is 1. The van der Waals surface area contributed by atoms with E-state index in [1.54, 1.807) is 23.6 Å². The monoisotopic (exact) mass is 347 g/mol. The number of aromatic nitrogens is 1. The van der Waals surface area contributed by atoms with Gasteiger partial charge in [0.05, 0.1) is 5.01 Å². The van der Waals surface area contributed by atoms with Crippen molar-refractivity contribution in [1.82, 2.24) is 15.2 Å². The fourth-order valence-electron chi connectivity index (χ4n) is 2.70. The first-order valence-corrected chi connectivity index (χ1v) is 9.49. The number of thiophene rings is 1. The van der Waals surface area contributed by atoms with Crippen LogP contribution in [0.4, 0.5) is 0 Å². The number of aryl methyl sites for hydroxylation is 1. The Balaban J connectivity index is 1.46. The molecule has 0 aromatic carbocycles. The maximum absolute atomic E-state index is 11.9. The smallest absolute Gasteiger partial charge is 0.244 e. The molecule has 23 heavy (non-hydrogen) atoms. The second kappa shape index (κ2) is 7.38. The number of hydrogen-bond acceptors (Lipinski definition) is 5. The SMILES string of the molecule is Cc1ncc(C=CC(=O)NCC(C)N2CCc3sccc3C2)s1. The lowest BCUT2D eigenvalue weighted by molar-refractivity contribution is -0.116. The Morgan fingerprint density at radius 1 is 1.57 bits per heavy atom. The van der Waals surface area contributed by atoms with Crippen LogP contribution >= 0.6 is 22.7 Å². The first-order chi connectivity index (χ1) is 11.1. The van der Waals surface area contributed by atoms with Crippen molar-refractivity contribution >= 4 is 34.7 Å². The zero-order valence-corrected chi connectivity index (χ0v) is 15.0. The van der Waals surface area contributed by atoms with E-state index >= 15 is 0 Å². The number of hydrogen-bond donors (Lipinski definition) is 1. The number of amides is 1. The van der Waals surface area contributed by atoms with Crippen LogP contribution in [0.1, 0.15) is 27.2 Å². The topological polar surface area (TPSA) is 45.2 Å². The summed E-state index contributed by atoms with van der Waals surface area (Å²) in [6, 6.07) is 2.56. The predicted molar refractivity (Wildman–Crippen MR) is 96.8 cm³/mol. The molecule has 3 rings (SSSR count). The molecule has 0 radical (unpaired) electrons. The summed E-state index contributed by atoms with van der Waals surface area (Å²) in [5.41, 5.74) is 1.44. The van der Waals surface area contributed by atoms with Gasteiger partial charge in [0.15, 0.2) is 0 Å². The van der Waals surface area contributed by atoms with Crippen LogP contribution < -0.4 is 5.32 Å². The van der Waals surface area contributed by atoms with Crippen LogP contribution in [0.15, 0.2) is 23.7 Å². The van der Waals surface area contributed by atoms with Gasteiger partial charge < -0.3 is 5.32 Å². The lowest BCUT2D eigenvalue weighted by atomic mass is 10.1. The summed E-state index contributed by atoms with van der Waals surface area (Å²) in [7, 11) is 0. The normalized spacial score (nSPS) is 16.4. The maximum Gasteiger partial charge on any atom is 0.244 e. The zero-order chi connectivity index (χ0) is 16.2. The highest BCUT2D eigenvalue weighted by Crippen LogP contribution is 2.24. The van der Waals surface area contributed by atoms with Crippen molar-refractivity contribution in [2.24, 2.45) is 0 Å². The second-order valence-corrected chi connectivity index (χ2v) is 8.07. The average Bonchev–Trinajstić information content (AvgIpc) is 3.18. The third-order valence-electron chi connectivity index (χ3n) is 4.07. The van der Waals surface area contributed by atoms with Gasteiger partial charge in [-0.15, -0.1) is 22.7 Å². The van der Waals surface area contributed by atoms with Gasteiger partial charge in [0, 0.05) is 47.7 Å². The van der Waals surface area contributed by atoms with Crippen molar-refractivity contribution in [2.75, 3.05) is 13.1 Å². The Bertz CT molecular complexity index is 704. The standard InChI is InChI=1S/C17H21N3OS2/c1-12(20-7-5-16-14(11-20)6-8-22-16)9-19-17(21)4-3-15-10-18-13(2)23-15/h3-4,6,8,10,12H,5,7,9,11H2,1-2H3,(H,19,21). The van der Waals surface area contributed by atoms with Crippen molar-refractivity contribution in [2.45, 2.75) is 32.9 Å². The summed E-state index contributed by atoms with van der Waals surface area (Å²) in [6.45, 7) is 6.87. The molecule has 1 amide bonds. The Kier molecular flexibility index (Phi) is 5.25. The van der Waals surface area contributed by atoms with Crippen LogP contribution in [0.2, 0.25) is 0 Å². The molecule has 1 unspecified atom stereocenters. The molecule has 122 valence electrons. The number of carbonyl (C=O) groups is 1. The van der Waals surface area contributed by atoms with E-state index in [1.807, 2.05) is 24.3 Å². The molecule has 1 aliphatic rings. The van der Waals surface area contributed by atoms with E-state index in [-0.39, 0.29) is 5.91 Å². The zero-order valence-electron chi connectivity index (χ0n) is 13.4. The molecule has 2 aromatic rings. The van der Waals surface area contributed by atoms with Crippen LogP contribution in [0.3, 0.4) is 0 Å². The van der Waals surface area contributed by atoms with Gasteiger partial charge in [0.1, 0.15) is 0 Å². The van der Waals surface area contributed by atoms with Crippen LogP contribution in [-0.2, 0) is 17.8 Å². The molecule has 0 saturated heterocycles. The van der Waals surface area contributed by atoms with Crippen LogP contribution in [0.5, 0.6) is 0 Å². The van der Waals surface area contributed by atoms with Gasteiger partial charge >= 0.3 is 0 Å². The third-order valence-corrected chi connectivity index (χ3v) is 5.97. The molecule has 0 spiro atoms. The number of nitrogens with zero attached hydrogens (tertiary/aromatic N) is 2. The minimum atomic E-state index is -0.0452. The van der Waals surface area contributed by atoms with Crippen LogP contribution in [0, 0.1) is 6.92 Å². The fourth-order valence-corrected chi connectivity index (χ4v) is 4.27. The van der Waals surface area contributed by atoms with E-state index in [9.17, 15) is 4.79 Å². The third kappa shape index (κ3) is 4.28. The highest BCUT2D eigenvalue weighted by Gasteiger charge is 2.21. The molecular formula is C17H21N3OS2. The van der Waals surface area contributed by atoms with Crippen molar-refractivity contribution < 1.29 is 4.79 Å².